The third-order valence-electron chi connectivity index (χ3n) is 6.71. The molecular weight excluding hydrogens is 441 g/mol. The molecule has 0 radical (unpaired) electrons. The molecule has 34 heavy (non-hydrogen) atoms. The van der Waals surface area contributed by atoms with Crippen molar-refractivity contribution in [2.24, 2.45) is 0 Å². The molecule has 2 aliphatic rings. The summed E-state index contributed by atoms with van der Waals surface area (Å²) in [5.41, 5.74) is -0.108. The molecule has 3 aromatic rings. The SMILES string of the molecule is CNc1cc(Nc2cccn([C@H]3C[C@H](F)C3)c2=O)nc2c(C(=O)N[C@H]3CC[C@](C)(O)C3)cnn12. The standard InChI is InChI=1S/C23H28FN7O3/c1-23(34)6-5-14(11-23)27-21(32)16-12-26-31-19(25-2)10-18(29-20(16)31)28-17-4-3-7-30(22(17)33)15-8-13(24)9-15/h3-4,7,10,12-15,25,34H,5-6,8-9,11H2,1-2H3,(H,27,32)(H,28,29)/t13-,14-,15-,23-/m0/s1. The first kappa shape index (κ1) is 22.3. The summed E-state index contributed by atoms with van der Waals surface area (Å²) in [5, 5.41) is 23.5. The number of fused-ring (bicyclic) bond motifs is 1. The lowest BCUT2D eigenvalue weighted by atomic mass is 9.90. The molecule has 0 aromatic carbocycles. The van der Waals surface area contributed by atoms with Crippen LogP contribution in [0, 0.1) is 0 Å². The fourth-order valence-electron chi connectivity index (χ4n) is 4.75. The van der Waals surface area contributed by atoms with Gasteiger partial charge in [-0.25, -0.2) is 9.37 Å². The lowest BCUT2D eigenvalue weighted by Crippen LogP contribution is -2.35. The number of alkyl halides is 1. The summed E-state index contributed by atoms with van der Waals surface area (Å²) < 4.78 is 16.4. The molecule has 2 fully saturated rings. The van der Waals surface area contributed by atoms with Gasteiger partial charge < -0.3 is 25.6 Å². The minimum absolute atomic E-state index is 0.124. The van der Waals surface area contributed by atoms with E-state index in [2.05, 4.69) is 26.0 Å². The average Bonchev–Trinajstić information content (AvgIpc) is 3.35. The zero-order chi connectivity index (χ0) is 24.0. The summed E-state index contributed by atoms with van der Waals surface area (Å²) in [6, 6.07) is 4.80. The van der Waals surface area contributed by atoms with Gasteiger partial charge in [-0.05, 0) is 51.2 Å². The molecule has 3 aromatic heterocycles. The van der Waals surface area contributed by atoms with Crippen LogP contribution in [0.2, 0.25) is 0 Å². The summed E-state index contributed by atoms with van der Waals surface area (Å²) in [6.45, 7) is 1.77. The van der Waals surface area contributed by atoms with Crippen molar-refractivity contribution in [1.82, 2.24) is 24.5 Å². The van der Waals surface area contributed by atoms with Gasteiger partial charge in [0, 0.05) is 31.4 Å². The fourth-order valence-corrected chi connectivity index (χ4v) is 4.75. The average molecular weight is 470 g/mol. The molecule has 0 bridgehead atoms. The lowest BCUT2D eigenvalue weighted by molar-refractivity contribution is 0.0647. The van der Waals surface area contributed by atoms with Crippen molar-refractivity contribution in [2.75, 3.05) is 17.7 Å². The van der Waals surface area contributed by atoms with Crippen LogP contribution in [0.3, 0.4) is 0 Å². The van der Waals surface area contributed by atoms with E-state index in [-0.39, 0.29) is 23.6 Å². The Labute approximate surface area is 195 Å². The molecule has 0 aliphatic heterocycles. The molecule has 5 rings (SSSR count). The Morgan fingerprint density at radius 1 is 1.35 bits per heavy atom. The van der Waals surface area contributed by atoms with Crippen LogP contribution in [-0.4, -0.2) is 55.0 Å². The molecule has 2 atom stereocenters. The molecule has 2 aliphatic carbocycles. The molecule has 3 heterocycles. The number of pyridine rings is 1. The van der Waals surface area contributed by atoms with Gasteiger partial charge in [0.1, 0.15) is 29.1 Å². The highest BCUT2D eigenvalue weighted by Crippen LogP contribution is 2.34. The van der Waals surface area contributed by atoms with Gasteiger partial charge >= 0.3 is 0 Å². The number of anilines is 3. The summed E-state index contributed by atoms with van der Waals surface area (Å²) in [4.78, 5) is 30.5. The monoisotopic (exact) mass is 469 g/mol. The van der Waals surface area contributed by atoms with E-state index in [1.165, 1.54) is 10.7 Å². The third kappa shape index (κ3) is 4.11. The van der Waals surface area contributed by atoms with Crippen LogP contribution in [0.1, 0.15) is 55.4 Å². The second-order valence-corrected chi connectivity index (χ2v) is 9.46. The quantitative estimate of drug-likeness (QED) is 0.437. The summed E-state index contributed by atoms with van der Waals surface area (Å²) in [5.74, 6) is 0.616. The van der Waals surface area contributed by atoms with Crippen molar-refractivity contribution in [3.63, 3.8) is 0 Å². The van der Waals surface area contributed by atoms with Crippen molar-refractivity contribution < 1.29 is 14.3 Å². The molecule has 4 N–H and O–H groups in total. The van der Waals surface area contributed by atoms with E-state index in [1.54, 1.807) is 42.9 Å². The van der Waals surface area contributed by atoms with Gasteiger partial charge in [-0.3, -0.25) is 9.59 Å². The highest BCUT2D eigenvalue weighted by atomic mass is 19.1. The van der Waals surface area contributed by atoms with E-state index >= 15 is 0 Å². The molecule has 180 valence electrons. The van der Waals surface area contributed by atoms with Gasteiger partial charge in [0.25, 0.3) is 11.5 Å². The molecule has 2 saturated carbocycles. The number of nitrogens with one attached hydrogen (secondary N) is 3. The zero-order valence-electron chi connectivity index (χ0n) is 19.1. The Hall–Kier alpha value is -3.47. The van der Waals surface area contributed by atoms with Gasteiger partial charge in [0.05, 0.1) is 11.8 Å². The van der Waals surface area contributed by atoms with Crippen molar-refractivity contribution >= 4 is 28.9 Å². The van der Waals surface area contributed by atoms with Crippen LogP contribution >= 0.6 is 0 Å². The van der Waals surface area contributed by atoms with E-state index in [0.717, 1.165) is 0 Å². The van der Waals surface area contributed by atoms with Gasteiger partial charge in [-0.2, -0.15) is 9.61 Å². The Kier molecular flexibility index (Phi) is 5.51. The number of hydrogen-bond donors (Lipinski definition) is 4. The molecule has 0 saturated heterocycles. The maximum Gasteiger partial charge on any atom is 0.274 e. The number of halogens is 1. The molecule has 11 heteroatoms. The highest BCUT2D eigenvalue weighted by molar-refractivity contribution is 6.00. The summed E-state index contributed by atoms with van der Waals surface area (Å²) >= 11 is 0. The first-order valence-electron chi connectivity index (χ1n) is 11.5. The predicted molar refractivity (Wildman–Crippen MR) is 125 cm³/mol. The Morgan fingerprint density at radius 3 is 2.82 bits per heavy atom. The van der Waals surface area contributed by atoms with Crippen LogP contribution in [0.5, 0.6) is 0 Å². The van der Waals surface area contributed by atoms with Crippen molar-refractivity contribution in [1.29, 1.82) is 0 Å². The lowest BCUT2D eigenvalue weighted by Gasteiger charge is -2.31. The first-order valence-corrected chi connectivity index (χ1v) is 11.5. The predicted octanol–water partition coefficient (Wildman–Crippen LogP) is 2.38. The molecule has 1 amide bonds. The van der Waals surface area contributed by atoms with Gasteiger partial charge in [0.2, 0.25) is 0 Å². The minimum Gasteiger partial charge on any atom is -0.390 e. The maximum atomic E-state index is 13.3. The number of aliphatic hydroxyl groups is 1. The van der Waals surface area contributed by atoms with Crippen LogP contribution in [-0.2, 0) is 0 Å². The highest BCUT2D eigenvalue weighted by Gasteiger charge is 2.34. The first-order chi connectivity index (χ1) is 16.2. The fraction of sp³-hybridized carbons (Fsp3) is 0.478. The number of aromatic nitrogens is 4. The number of nitrogens with zero attached hydrogens (tertiary/aromatic N) is 4. The zero-order valence-corrected chi connectivity index (χ0v) is 19.1. The second-order valence-electron chi connectivity index (χ2n) is 9.46. The number of carbonyl (C=O) groups is 1. The summed E-state index contributed by atoms with van der Waals surface area (Å²) in [7, 11) is 1.72. The van der Waals surface area contributed by atoms with Crippen molar-refractivity contribution in [3.05, 3.63) is 46.5 Å². The Balaban J connectivity index is 1.43. The third-order valence-corrected chi connectivity index (χ3v) is 6.71. The summed E-state index contributed by atoms with van der Waals surface area (Å²) in [6.07, 6.45) is 4.75. The van der Waals surface area contributed by atoms with Crippen molar-refractivity contribution in [2.45, 2.75) is 62.9 Å². The number of rotatable bonds is 6. The molecule has 0 unspecified atom stereocenters. The minimum atomic E-state index is -0.863. The van der Waals surface area contributed by atoms with Crippen LogP contribution in [0.4, 0.5) is 21.7 Å². The van der Waals surface area contributed by atoms with Crippen LogP contribution in [0.25, 0.3) is 5.65 Å². The normalized spacial score (nSPS) is 26.3. The molecule has 0 spiro atoms. The molecule has 10 nitrogen and oxygen atoms in total. The van der Waals surface area contributed by atoms with E-state index in [9.17, 15) is 19.1 Å². The molecular formula is C23H28FN7O3. The topological polar surface area (TPSA) is 126 Å². The van der Waals surface area contributed by atoms with Crippen molar-refractivity contribution in [3.8, 4) is 0 Å². The number of hydrogen-bond acceptors (Lipinski definition) is 7. The largest absolute Gasteiger partial charge is 0.390 e. The number of amides is 1. The smallest absolute Gasteiger partial charge is 0.274 e. The van der Waals surface area contributed by atoms with E-state index < -0.39 is 11.8 Å². The Morgan fingerprint density at radius 2 is 2.15 bits per heavy atom. The maximum absolute atomic E-state index is 13.3. The van der Waals surface area contributed by atoms with Crippen LogP contribution in [0.15, 0.2) is 35.4 Å². The second kappa shape index (κ2) is 8.39. The van der Waals surface area contributed by atoms with Gasteiger partial charge in [-0.15, -0.1) is 0 Å². The Bertz CT molecular complexity index is 1300. The van der Waals surface area contributed by atoms with E-state index in [0.29, 0.717) is 60.6 Å². The van der Waals surface area contributed by atoms with E-state index in [1.807, 2.05) is 0 Å². The number of carbonyl (C=O) groups excluding carboxylic acids is 1. The van der Waals surface area contributed by atoms with Gasteiger partial charge in [0.15, 0.2) is 5.65 Å². The van der Waals surface area contributed by atoms with Gasteiger partial charge in [-0.1, -0.05) is 0 Å². The van der Waals surface area contributed by atoms with Crippen LogP contribution < -0.4 is 21.5 Å². The van der Waals surface area contributed by atoms with E-state index in [4.69, 9.17) is 0 Å².